The lowest BCUT2D eigenvalue weighted by molar-refractivity contribution is 0.135. The Kier molecular flexibility index (Phi) is 6.61. The van der Waals surface area contributed by atoms with Crippen LogP contribution in [0.3, 0.4) is 0 Å². The van der Waals surface area contributed by atoms with E-state index < -0.39 is 20.7 Å². The lowest BCUT2D eigenvalue weighted by Crippen LogP contribution is -2.48. The molecule has 2 aromatic rings. The maximum atomic E-state index is 14.8. The molecule has 0 amide bonds. The third-order valence-electron chi connectivity index (χ3n) is 5.87. The van der Waals surface area contributed by atoms with Crippen LogP contribution in [0.1, 0.15) is 32.1 Å². The van der Waals surface area contributed by atoms with Gasteiger partial charge < -0.3 is 10.4 Å². The Hall–Kier alpha value is -2.01. The number of nitrogens with one attached hydrogen (secondary N) is 2. The molecular formula is C20H25ClFN5O3S. The van der Waals surface area contributed by atoms with E-state index in [0.29, 0.717) is 12.2 Å². The highest BCUT2D eigenvalue weighted by molar-refractivity contribution is 7.92. The number of anilines is 2. The number of halogens is 2. The molecule has 2 aliphatic rings. The zero-order chi connectivity index (χ0) is 22.0. The van der Waals surface area contributed by atoms with Gasteiger partial charge in [-0.1, -0.05) is 24.4 Å². The Balaban J connectivity index is 1.54. The summed E-state index contributed by atoms with van der Waals surface area (Å²) in [6.07, 6.45) is 7.03. The Morgan fingerprint density at radius 1 is 1.23 bits per heavy atom. The molecule has 1 saturated carbocycles. The molecule has 2 heterocycles. The summed E-state index contributed by atoms with van der Waals surface area (Å²) in [5.41, 5.74) is 0.358. The Bertz CT molecular complexity index is 1030. The first-order valence-corrected chi connectivity index (χ1v) is 12.2. The van der Waals surface area contributed by atoms with E-state index in [1.54, 1.807) is 0 Å². The number of hydrogen-bond acceptors (Lipinski definition) is 7. The highest BCUT2D eigenvalue weighted by Crippen LogP contribution is 2.33. The summed E-state index contributed by atoms with van der Waals surface area (Å²) in [6, 6.07) is 3.86. The van der Waals surface area contributed by atoms with Crippen molar-refractivity contribution < 1.29 is 17.9 Å². The van der Waals surface area contributed by atoms with Gasteiger partial charge in [0.25, 0.3) is 10.0 Å². The molecule has 1 aliphatic carbocycles. The first-order chi connectivity index (χ1) is 14.8. The van der Waals surface area contributed by atoms with Crippen LogP contribution < -0.4 is 10.0 Å². The lowest BCUT2D eigenvalue weighted by Gasteiger charge is -2.39. The molecule has 1 unspecified atom stereocenters. The maximum absolute atomic E-state index is 14.8. The average molecular weight is 470 g/mol. The van der Waals surface area contributed by atoms with Gasteiger partial charge in [0, 0.05) is 31.4 Å². The highest BCUT2D eigenvalue weighted by atomic mass is 35.5. The fourth-order valence-corrected chi connectivity index (χ4v) is 5.75. The number of sulfonamides is 1. The predicted molar refractivity (Wildman–Crippen MR) is 116 cm³/mol. The van der Waals surface area contributed by atoms with Gasteiger partial charge in [-0.05, 0) is 37.5 Å². The van der Waals surface area contributed by atoms with Crippen LogP contribution in [-0.4, -0.2) is 59.7 Å². The van der Waals surface area contributed by atoms with E-state index in [1.807, 2.05) is 0 Å². The molecule has 168 valence electrons. The second-order valence-corrected chi connectivity index (χ2v) is 10.1. The van der Waals surface area contributed by atoms with Crippen molar-refractivity contribution in [3.05, 3.63) is 41.6 Å². The number of likely N-dealkylation sites (tertiary alicyclic amines) is 1. The third kappa shape index (κ3) is 5.08. The molecule has 0 spiro atoms. The molecule has 1 aromatic heterocycles. The quantitative estimate of drug-likeness (QED) is 0.597. The molecule has 3 N–H and O–H groups in total. The predicted octanol–water partition coefficient (Wildman–Crippen LogP) is 2.86. The number of benzene rings is 1. The van der Waals surface area contributed by atoms with Crippen LogP contribution in [0.15, 0.2) is 35.6 Å². The minimum absolute atomic E-state index is 0.0329. The average Bonchev–Trinajstić information content (AvgIpc) is 3.17. The van der Waals surface area contributed by atoms with Gasteiger partial charge in [0.1, 0.15) is 22.9 Å². The van der Waals surface area contributed by atoms with Crippen LogP contribution in [0.5, 0.6) is 0 Å². The van der Waals surface area contributed by atoms with Crippen LogP contribution in [0.25, 0.3) is 0 Å². The third-order valence-corrected chi connectivity index (χ3v) is 7.55. The van der Waals surface area contributed by atoms with E-state index in [1.165, 1.54) is 18.6 Å². The lowest BCUT2D eigenvalue weighted by atomic mass is 9.89. The molecular weight excluding hydrogens is 445 g/mol. The SMILES string of the molecule is O=S(=O)(Nc1ccncn1)c1cc(Cl)c(N[C@H]2CCCC[C@@H]2N2CCC(O)C2)cc1F. The zero-order valence-corrected chi connectivity index (χ0v) is 18.4. The van der Waals surface area contributed by atoms with Crippen LogP contribution in [0.2, 0.25) is 5.02 Å². The van der Waals surface area contributed by atoms with Gasteiger partial charge >= 0.3 is 0 Å². The molecule has 4 rings (SSSR count). The van der Waals surface area contributed by atoms with Crippen molar-refractivity contribution in [2.45, 2.75) is 55.2 Å². The summed E-state index contributed by atoms with van der Waals surface area (Å²) in [5, 5.41) is 13.3. The number of aliphatic hydroxyl groups is 1. The number of aromatic nitrogens is 2. The topological polar surface area (TPSA) is 107 Å². The first-order valence-electron chi connectivity index (χ1n) is 10.3. The molecule has 1 aromatic carbocycles. The van der Waals surface area contributed by atoms with Gasteiger partial charge in [0.2, 0.25) is 0 Å². The Labute approximate surface area is 185 Å². The smallest absolute Gasteiger partial charge is 0.266 e. The molecule has 1 saturated heterocycles. The van der Waals surface area contributed by atoms with Gasteiger partial charge in [0.05, 0.1) is 16.8 Å². The van der Waals surface area contributed by atoms with Crippen molar-refractivity contribution >= 4 is 33.1 Å². The number of β-amino-alcohol motifs (C(OH)–C–C–N with tert-alkyl or cyclic N) is 1. The van der Waals surface area contributed by atoms with Gasteiger partial charge in [-0.3, -0.25) is 9.62 Å². The molecule has 0 radical (unpaired) electrons. The van der Waals surface area contributed by atoms with Crippen molar-refractivity contribution in [2.24, 2.45) is 0 Å². The van der Waals surface area contributed by atoms with Crippen LogP contribution >= 0.6 is 11.6 Å². The standard InChI is InChI=1S/C20H25ClFN5O3S/c21-14-9-19(31(29,30)26-20-5-7-23-12-24-20)15(22)10-17(14)25-16-3-1-2-4-18(16)27-8-6-13(28)11-27/h5,7,9-10,12-13,16,18,25,28H,1-4,6,8,11H2,(H,23,24,26)/t13?,16-,18-/m0/s1. The minimum atomic E-state index is -4.21. The molecule has 3 atom stereocenters. The van der Waals surface area contributed by atoms with Crippen LogP contribution in [0.4, 0.5) is 15.9 Å². The number of rotatable bonds is 6. The van der Waals surface area contributed by atoms with E-state index in [4.69, 9.17) is 11.6 Å². The fourth-order valence-electron chi connectivity index (χ4n) is 4.37. The van der Waals surface area contributed by atoms with E-state index >= 15 is 0 Å². The summed E-state index contributed by atoms with van der Waals surface area (Å²) in [4.78, 5) is 9.24. The molecule has 11 heteroatoms. The highest BCUT2D eigenvalue weighted by Gasteiger charge is 2.34. The Morgan fingerprint density at radius 3 is 2.74 bits per heavy atom. The van der Waals surface area contributed by atoms with Crippen molar-refractivity contribution in [3.8, 4) is 0 Å². The van der Waals surface area contributed by atoms with Crippen molar-refractivity contribution in [1.29, 1.82) is 0 Å². The fraction of sp³-hybridized carbons (Fsp3) is 0.500. The van der Waals surface area contributed by atoms with Gasteiger partial charge in [-0.15, -0.1) is 0 Å². The minimum Gasteiger partial charge on any atom is -0.392 e. The van der Waals surface area contributed by atoms with E-state index in [2.05, 4.69) is 24.9 Å². The molecule has 1 aliphatic heterocycles. The number of aliphatic hydroxyl groups excluding tert-OH is 1. The molecule has 8 nitrogen and oxygen atoms in total. The summed E-state index contributed by atoms with van der Waals surface area (Å²) < 4.78 is 42.3. The normalized spacial score (nSPS) is 24.8. The summed E-state index contributed by atoms with van der Waals surface area (Å²) >= 11 is 6.36. The van der Waals surface area contributed by atoms with Gasteiger partial charge in [-0.2, -0.15) is 0 Å². The largest absolute Gasteiger partial charge is 0.392 e. The van der Waals surface area contributed by atoms with E-state index in [-0.39, 0.29) is 29.0 Å². The second kappa shape index (κ2) is 9.23. The van der Waals surface area contributed by atoms with Crippen molar-refractivity contribution in [3.63, 3.8) is 0 Å². The molecule has 0 bridgehead atoms. The summed E-state index contributed by atoms with van der Waals surface area (Å²) in [5.74, 6) is -0.872. The molecule has 2 fully saturated rings. The van der Waals surface area contributed by atoms with Crippen molar-refractivity contribution in [1.82, 2.24) is 14.9 Å². The van der Waals surface area contributed by atoms with Gasteiger partial charge in [0.15, 0.2) is 0 Å². The number of nitrogens with zero attached hydrogens (tertiary/aromatic N) is 3. The van der Waals surface area contributed by atoms with E-state index in [0.717, 1.165) is 50.8 Å². The number of hydrogen-bond donors (Lipinski definition) is 3. The van der Waals surface area contributed by atoms with Crippen molar-refractivity contribution in [2.75, 3.05) is 23.1 Å². The van der Waals surface area contributed by atoms with Crippen LogP contribution in [0, 0.1) is 5.82 Å². The maximum Gasteiger partial charge on any atom is 0.266 e. The second-order valence-electron chi connectivity index (χ2n) is 8.00. The first kappa shape index (κ1) is 22.2. The van der Waals surface area contributed by atoms with E-state index in [9.17, 15) is 17.9 Å². The van der Waals surface area contributed by atoms with Crippen LogP contribution in [-0.2, 0) is 10.0 Å². The van der Waals surface area contributed by atoms with Gasteiger partial charge in [-0.25, -0.2) is 22.8 Å². The zero-order valence-electron chi connectivity index (χ0n) is 16.8. The molecule has 31 heavy (non-hydrogen) atoms. The summed E-state index contributed by atoms with van der Waals surface area (Å²) in [7, 11) is -4.21. The summed E-state index contributed by atoms with van der Waals surface area (Å²) in [6.45, 7) is 1.47. The monoisotopic (exact) mass is 469 g/mol. The Morgan fingerprint density at radius 2 is 2.03 bits per heavy atom.